The van der Waals surface area contributed by atoms with E-state index >= 15 is 0 Å². The van der Waals surface area contributed by atoms with Gasteiger partial charge in [0.15, 0.2) is 11.6 Å². The van der Waals surface area contributed by atoms with Gasteiger partial charge >= 0.3 is 0 Å². The second-order valence-electron chi connectivity index (χ2n) is 3.44. The van der Waals surface area contributed by atoms with Gasteiger partial charge in [0, 0.05) is 19.6 Å². The second-order valence-corrected chi connectivity index (χ2v) is 3.44. The van der Waals surface area contributed by atoms with E-state index < -0.39 is 0 Å². The van der Waals surface area contributed by atoms with Crippen molar-refractivity contribution in [3.63, 3.8) is 0 Å². The van der Waals surface area contributed by atoms with Gasteiger partial charge in [-0.1, -0.05) is 0 Å². The highest BCUT2D eigenvalue weighted by atomic mass is 16.5. The summed E-state index contributed by atoms with van der Waals surface area (Å²) < 4.78 is 5.63. The molecule has 0 saturated carbocycles. The smallest absolute Gasteiger partial charge is 0.237 e. The third kappa shape index (κ3) is 1.86. The first-order chi connectivity index (χ1) is 7.35. The minimum Gasteiger partial charge on any atom is -0.427 e. The van der Waals surface area contributed by atoms with Crippen molar-refractivity contribution in [1.82, 2.24) is 15.5 Å². The van der Waals surface area contributed by atoms with E-state index in [0.29, 0.717) is 5.76 Å². The Morgan fingerprint density at radius 2 is 2.53 bits per heavy atom. The van der Waals surface area contributed by atoms with Gasteiger partial charge in [-0.2, -0.15) is 0 Å². The number of rotatable bonds is 1. The van der Waals surface area contributed by atoms with Crippen molar-refractivity contribution in [3.05, 3.63) is 23.7 Å². The summed E-state index contributed by atoms with van der Waals surface area (Å²) >= 11 is 0. The van der Waals surface area contributed by atoms with E-state index in [4.69, 9.17) is 11.2 Å². The molecule has 0 radical (unpaired) electrons. The quantitative estimate of drug-likeness (QED) is 0.612. The standard InChI is InChI=1S/C11H15N3O/c1-3-9-8-13-10-11(15-9)14(4-2)7-5-6-12-10/h1,8,12-13H,4-7H2,2H3. The summed E-state index contributed by atoms with van der Waals surface area (Å²) in [4.78, 5) is 2.17. The van der Waals surface area contributed by atoms with Gasteiger partial charge in [-0.3, -0.25) is 0 Å². The van der Waals surface area contributed by atoms with Crippen LogP contribution in [0.4, 0.5) is 0 Å². The Bertz CT molecular complexity index is 351. The third-order valence-electron chi connectivity index (χ3n) is 2.49. The van der Waals surface area contributed by atoms with Crippen LogP contribution in [0, 0.1) is 12.3 Å². The first kappa shape index (κ1) is 9.78. The van der Waals surface area contributed by atoms with Crippen LogP contribution in [-0.2, 0) is 4.74 Å². The predicted octanol–water partition coefficient (Wildman–Crippen LogP) is 0.523. The number of nitrogens with one attached hydrogen (secondary N) is 2. The molecule has 2 rings (SSSR count). The summed E-state index contributed by atoms with van der Waals surface area (Å²) in [6.45, 7) is 4.96. The Labute approximate surface area is 90.0 Å². The summed E-state index contributed by atoms with van der Waals surface area (Å²) in [5, 5.41) is 6.40. The molecule has 0 fully saturated rings. The van der Waals surface area contributed by atoms with Crippen LogP contribution in [0.5, 0.6) is 0 Å². The Morgan fingerprint density at radius 1 is 1.67 bits per heavy atom. The first-order valence-electron chi connectivity index (χ1n) is 5.19. The average molecular weight is 205 g/mol. The number of terminal acetylenes is 1. The number of nitrogens with zero attached hydrogens (tertiary/aromatic N) is 1. The third-order valence-corrected chi connectivity index (χ3v) is 2.49. The normalized spacial score (nSPS) is 20.0. The van der Waals surface area contributed by atoms with Crippen molar-refractivity contribution in [1.29, 1.82) is 0 Å². The van der Waals surface area contributed by atoms with Crippen LogP contribution < -0.4 is 10.6 Å². The molecular weight excluding hydrogens is 190 g/mol. The molecule has 4 nitrogen and oxygen atoms in total. The lowest BCUT2D eigenvalue weighted by atomic mass is 10.4. The van der Waals surface area contributed by atoms with Gasteiger partial charge in [-0.25, -0.2) is 0 Å². The van der Waals surface area contributed by atoms with Crippen LogP contribution >= 0.6 is 0 Å². The molecule has 0 atom stereocenters. The van der Waals surface area contributed by atoms with Gasteiger partial charge in [0.05, 0.1) is 6.20 Å². The molecular formula is C11H15N3O. The van der Waals surface area contributed by atoms with Gasteiger partial charge in [-0.15, -0.1) is 6.42 Å². The SMILES string of the molecule is C#CC1=CNC2=C(O1)N(CC)CCCN2. The number of hydrogen-bond donors (Lipinski definition) is 2. The monoisotopic (exact) mass is 205 g/mol. The summed E-state index contributed by atoms with van der Waals surface area (Å²) in [6, 6.07) is 0. The fourth-order valence-electron chi connectivity index (χ4n) is 1.69. The summed E-state index contributed by atoms with van der Waals surface area (Å²) in [6.07, 6.45) is 8.10. The molecule has 2 aliphatic rings. The van der Waals surface area contributed by atoms with Crippen LogP contribution in [0.2, 0.25) is 0 Å². The van der Waals surface area contributed by atoms with Crippen molar-refractivity contribution >= 4 is 0 Å². The van der Waals surface area contributed by atoms with E-state index in [2.05, 4.69) is 28.4 Å². The highest BCUT2D eigenvalue weighted by molar-refractivity contribution is 5.26. The highest BCUT2D eigenvalue weighted by Crippen LogP contribution is 2.19. The molecule has 0 amide bonds. The molecule has 0 saturated heterocycles. The van der Waals surface area contributed by atoms with Crippen LogP contribution in [0.15, 0.2) is 23.7 Å². The average Bonchev–Trinajstić information content (AvgIpc) is 2.49. The van der Waals surface area contributed by atoms with E-state index in [9.17, 15) is 0 Å². The summed E-state index contributed by atoms with van der Waals surface area (Å²) in [5.74, 6) is 4.73. The Kier molecular flexibility index (Phi) is 2.72. The van der Waals surface area contributed by atoms with E-state index in [1.54, 1.807) is 6.20 Å². The van der Waals surface area contributed by atoms with Crippen molar-refractivity contribution in [2.24, 2.45) is 0 Å². The van der Waals surface area contributed by atoms with Gasteiger partial charge in [0.25, 0.3) is 0 Å². The molecule has 0 bridgehead atoms. The fourth-order valence-corrected chi connectivity index (χ4v) is 1.69. The van der Waals surface area contributed by atoms with Crippen LogP contribution in [0.1, 0.15) is 13.3 Å². The lowest BCUT2D eigenvalue weighted by Gasteiger charge is -2.27. The zero-order valence-corrected chi connectivity index (χ0v) is 8.84. The fraction of sp³-hybridized carbons (Fsp3) is 0.455. The topological polar surface area (TPSA) is 36.5 Å². The Morgan fingerprint density at radius 3 is 3.27 bits per heavy atom. The van der Waals surface area contributed by atoms with Crippen LogP contribution in [0.25, 0.3) is 0 Å². The largest absolute Gasteiger partial charge is 0.427 e. The van der Waals surface area contributed by atoms with Crippen molar-refractivity contribution < 1.29 is 4.74 Å². The number of allylic oxidation sites excluding steroid dienone is 1. The minimum atomic E-state index is 0.524. The van der Waals surface area contributed by atoms with Crippen LogP contribution in [-0.4, -0.2) is 24.5 Å². The maximum atomic E-state index is 5.63. The molecule has 0 unspecified atom stereocenters. The zero-order valence-electron chi connectivity index (χ0n) is 8.84. The zero-order chi connectivity index (χ0) is 10.7. The molecule has 0 aromatic heterocycles. The van der Waals surface area contributed by atoms with E-state index in [1.807, 2.05) is 0 Å². The second kappa shape index (κ2) is 4.18. The van der Waals surface area contributed by atoms with Gasteiger partial charge in [0.2, 0.25) is 5.88 Å². The summed E-state index contributed by atoms with van der Waals surface area (Å²) in [7, 11) is 0. The molecule has 0 aromatic carbocycles. The minimum absolute atomic E-state index is 0.524. The Balaban J connectivity index is 2.22. The molecule has 0 aliphatic carbocycles. The number of ether oxygens (including phenoxy) is 1. The molecule has 15 heavy (non-hydrogen) atoms. The van der Waals surface area contributed by atoms with Gasteiger partial charge < -0.3 is 20.3 Å². The van der Waals surface area contributed by atoms with E-state index in [-0.39, 0.29) is 0 Å². The highest BCUT2D eigenvalue weighted by Gasteiger charge is 2.22. The van der Waals surface area contributed by atoms with Crippen molar-refractivity contribution in [3.8, 4) is 12.3 Å². The predicted molar refractivity (Wildman–Crippen MR) is 58.0 cm³/mol. The van der Waals surface area contributed by atoms with Crippen LogP contribution in [0.3, 0.4) is 0 Å². The summed E-state index contributed by atoms with van der Waals surface area (Å²) in [5.41, 5.74) is 0. The number of hydrogen-bond acceptors (Lipinski definition) is 4. The lowest BCUT2D eigenvalue weighted by Crippen LogP contribution is -2.32. The maximum Gasteiger partial charge on any atom is 0.237 e. The lowest BCUT2D eigenvalue weighted by molar-refractivity contribution is 0.165. The molecule has 2 N–H and O–H groups in total. The van der Waals surface area contributed by atoms with E-state index in [0.717, 1.165) is 37.8 Å². The molecule has 80 valence electrons. The van der Waals surface area contributed by atoms with Gasteiger partial charge in [0.1, 0.15) is 0 Å². The van der Waals surface area contributed by atoms with E-state index in [1.165, 1.54) is 0 Å². The molecule has 2 aliphatic heterocycles. The molecule has 0 spiro atoms. The molecule has 4 heteroatoms. The van der Waals surface area contributed by atoms with Gasteiger partial charge in [-0.05, 0) is 19.3 Å². The maximum absolute atomic E-state index is 5.63. The van der Waals surface area contributed by atoms with Crippen molar-refractivity contribution in [2.45, 2.75) is 13.3 Å². The molecule has 2 heterocycles. The van der Waals surface area contributed by atoms with Crippen molar-refractivity contribution in [2.75, 3.05) is 19.6 Å². The Hall–Kier alpha value is -1.76. The first-order valence-corrected chi connectivity index (χ1v) is 5.19. The molecule has 0 aromatic rings.